The number of hydrogen-bond donors (Lipinski definition) is 2. The zero-order valence-corrected chi connectivity index (χ0v) is 20.1. The van der Waals surface area contributed by atoms with E-state index in [-0.39, 0.29) is 0 Å². The number of H-pyrrole nitrogens is 2. The van der Waals surface area contributed by atoms with Crippen LogP contribution in [0.25, 0.3) is 0 Å². The van der Waals surface area contributed by atoms with Crippen LogP contribution in [0.5, 0.6) is 0 Å². The van der Waals surface area contributed by atoms with Gasteiger partial charge in [-0.05, 0) is 136 Å². The Hall–Kier alpha value is 2.80. The smallest absolute Gasteiger partial charge is 0.170 e. The third-order valence-electron chi connectivity index (χ3n) is 1.18. The molecular weight excluding hydrogens is 890 g/mol. The average Bonchev–Trinajstić information content (AvgIpc) is 2.58. The van der Waals surface area contributed by atoms with Crippen molar-refractivity contribution in [1.29, 1.82) is 0 Å². The second-order valence-electron chi connectivity index (χ2n) is 2.26. The van der Waals surface area contributed by atoms with Crippen LogP contribution >= 0.6 is 136 Å². The Bertz CT molecular complexity index is 394. The summed E-state index contributed by atoms with van der Waals surface area (Å²) in [5.74, 6) is 0. The van der Waals surface area contributed by atoms with E-state index in [1.54, 1.807) is 0 Å². The molecule has 0 saturated carbocycles. The van der Waals surface area contributed by atoms with E-state index in [1.807, 2.05) is 0 Å². The molecule has 0 saturated heterocycles. The zero-order chi connectivity index (χ0) is 12.3. The molecule has 88 valence electrons. The van der Waals surface area contributed by atoms with Crippen molar-refractivity contribution in [3.05, 3.63) is 22.5 Å². The maximum Gasteiger partial charge on any atom is 0.170 e. The monoisotopic (exact) mass is 891 g/mol. The van der Waals surface area contributed by atoms with Gasteiger partial charge in [0.1, 0.15) is 14.8 Å². The molecule has 0 aliphatic heterocycles. The van der Waals surface area contributed by atoms with E-state index in [1.165, 1.54) is 0 Å². The normalized spacial score (nSPS) is 9.88. The molecule has 10 heteroatoms. The van der Waals surface area contributed by atoms with Crippen molar-refractivity contribution in [1.82, 2.24) is 19.9 Å². The van der Waals surface area contributed by atoms with Crippen molar-refractivity contribution in [2.45, 2.75) is 0 Å². The van der Waals surface area contributed by atoms with Crippen LogP contribution in [-0.4, -0.2) is 19.9 Å². The number of hydrogen-bond acceptors (Lipinski definition) is 2. The number of aromatic nitrogens is 4. The first-order chi connectivity index (χ1) is 7.40. The van der Waals surface area contributed by atoms with Gasteiger partial charge < -0.3 is 9.97 Å². The average molecular weight is 892 g/mol. The van der Waals surface area contributed by atoms with Crippen molar-refractivity contribution in [3.8, 4) is 0 Å². The lowest BCUT2D eigenvalue weighted by atomic mass is 11.0. The van der Waals surface area contributed by atoms with E-state index in [0.29, 0.717) is 0 Å². The van der Waals surface area contributed by atoms with Crippen molar-refractivity contribution in [2.24, 2.45) is 0 Å². The Balaban J connectivity index is 0.000000160. The summed E-state index contributed by atoms with van der Waals surface area (Å²) in [6, 6.07) is 0. The predicted octanol–water partition coefficient (Wildman–Crippen LogP) is 4.45. The van der Waals surface area contributed by atoms with E-state index >= 15 is 0 Å². The topological polar surface area (TPSA) is 57.4 Å². The number of nitrogens with one attached hydrogen (secondary N) is 2. The molecule has 2 N–H and O–H groups in total. The summed E-state index contributed by atoms with van der Waals surface area (Å²) < 4.78 is 6.24. The zero-order valence-electron chi connectivity index (χ0n) is 7.16. The van der Waals surface area contributed by atoms with Crippen molar-refractivity contribution in [3.63, 3.8) is 0 Å². The van der Waals surface area contributed by atoms with E-state index in [2.05, 4.69) is 155 Å². The highest BCUT2D eigenvalue weighted by Gasteiger charge is 1.99. The largest absolute Gasteiger partial charge is 0.328 e. The SMILES string of the molecule is Ic1nc(I)c(I)[nH]1.Ic1nc(I)c(I)[nH]1. The van der Waals surface area contributed by atoms with E-state index in [4.69, 9.17) is 0 Å². The highest BCUT2D eigenvalue weighted by Crippen LogP contribution is 2.12. The van der Waals surface area contributed by atoms with Crippen LogP contribution in [0, 0.1) is 22.5 Å². The molecule has 0 aliphatic rings. The summed E-state index contributed by atoms with van der Waals surface area (Å²) in [5, 5.41) is 0. The molecule has 0 aromatic carbocycles. The Morgan fingerprint density at radius 1 is 0.625 bits per heavy atom. The lowest BCUT2D eigenvalue weighted by Crippen LogP contribution is -1.69. The summed E-state index contributed by atoms with van der Waals surface area (Å²) in [7, 11) is 0. The lowest BCUT2D eigenvalue weighted by molar-refractivity contribution is 1.21. The van der Waals surface area contributed by atoms with Gasteiger partial charge in [0.05, 0.1) is 0 Å². The van der Waals surface area contributed by atoms with E-state index < -0.39 is 0 Å². The van der Waals surface area contributed by atoms with E-state index in [0.717, 1.165) is 22.5 Å². The Kier molecular flexibility index (Phi) is 8.60. The third kappa shape index (κ3) is 5.84. The van der Waals surface area contributed by atoms with Gasteiger partial charge >= 0.3 is 0 Å². The van der Waals surface area contributed by atoms with Gasteiger partial charge in [0.25, 0.3) is 0 Å². The maximum absolute atomic E-state index is 4.12. The van der Waals surface area contributed by atoms with Crippen molar-refractivity contribution < 1.29 is 0 Å². The second-order valence-corrected chi connectivity index (χ2v) is 8.51. The maximum atomic E-state index is 4.12. The molecular formula is C6H2I6N4. The lowest BCUT2D eigenvalue weighted by Gasteiger charge is -1.74. The van der Waals surface area contributed by atoms with Gasteiger partial charge in [-0.2, -0.15) is 0 Å². The van der Waals surface area contributed by atoms with Crippen LogP contribution in [0.3, 0.4) is 0 Å². The molecule has 0 fully saturated rings. The highest BCUT2D eigenvalue weighted by molar-refractivity contribution is 14.1. The molecule has 0 bridgehead atoms. The molecule has 2 aromatic heterocycles. The van der Waals surface area contributed by atoms with Crippen LogP contribution in [0.2, 0.25) is 0 Å². The van der Waals surface area contributed by atoms with Crippen LogP contribution in [0.15, 0.2) is 0 Å². The van der Waals surface area contributed by atoms with Gasteiger partial charge in [0, 0.05) is 0 Å². The van der Waals surface area contributed by atoms with Crippen LogP contribution in [0.1, 0.15) is 0 Å². The quantitative estimate of drug-likeness (QED) is 0.385. The number of aromatic amines is 2. The van der Waals surface area contributed by atoms with Gasteiger partial charge in [-0.25, -0.2) is 9.97 Å². The first-order valence-corrected chi connectivity index (χ1v) is 10.0. The third-order valence-corrected chi connectivity index (χ3v) is 7.39. The molecule has 0 amide bonds. The number of halogens is 6. The van der Waals surface area contributed by atoms with Gasteiger partial charge in [-0.3, -0.25) is 0 Å². The molecule has 0 atom stereocenters. The minimum atomic E-state index is 0.955. The van der Waals surface area contributed by atoms with Gasteiger partial charge in [-0.1, -0.05) is 0 Å². The summed E-state index contributed by atoms with van der Waals surface area (Å²) in [4.78, 5) is 14.4. The van der Waals surface area contributed by atoms with Crippen LogP contribution in [0.4, 0.5) is 0 Å². The first-order valence-electron chi connectivity index (χ1n) is 3.53. The van der Waals surface area contributed by atoms with Gasteiger partial charge in [0.15, 0.2) is 7.66 Å². The molecule has 2 aromatic rings. The molecule has 0 radical (unpaired) electrons. The van der Waals surface area contributed by atoms with E-state index in [9.17, 15) is 0 Å². The fourth-order valence-corrected chi connectivity index (χ4v) is 5.09. The minimum absolute atomic E-state index is 0.955. The molecule has 0 aliphatic carbocycles. The summed E-state index contributed by atoms with van der Waals surface area (Å²) in [5.41, 5.74) is 0. The number of imidazole rings is 2. The predicted molar refractivity (Wildman–Crippen MR) is 113 cm³/mol. The second kappa shape index (κ2) is 8.17. The minimum Gasteiger partial charge on any atom is -0.328 e. The molecule has 0 unspecified atom stereocenters. The fraction of sp³-hybridized carbons (Fsp3) is 0. The first kappa shape index (κ1) is 16.9. The molecule has 2 rings (SSSR count). The Labute approximate surface area is 174 Å². The Morgan fingerprint density at radius 2 is 0.938 bits per heavy atom. The summed E-state index contributed by atoms with van der Waals surface area (Å²) in [6.07, 6.45) is 0. The standard InChI is InChI=1S/2C3HI3N2/c2*4-1-2(5)8-3(6)7-1/h2*(H,7,8). The van der Waals surface area contributed by atoms with Crippen molar-refractivity contribution in [2.75, 3.05) is 0 Å². The molecule has 4 nitrogen and oxygen atoms in total. The van der Waals surface area contributed by atoms with Gasteiger partial charge in [-0.15, -0.1) is 0 Å². The number of rotatable bonds is 0. The molecule has 16 heavy (non-hydrogen) atoms. The highest BCUT2D eigenvalue weighted by atomic mass is 127. The summed E-state index contributed by atoms with van der Waals surface area (Å²) in [6.45, 7) is 0. The van der Waals surface area contributed by atoms with Crippen LogP contribution in [-0.2, 0) is 0 Å². The molecule has 0 spiro atoms. The van der Waals surface area contributed by atoms with Gasteiger partial charge in [0.2, 0.25) is 0 Å². The van der Waals surface area contributed by atoms with Crippen LogP contribution < -0.4 is 0 Å². The molecule has 2 heterocycles. The summed E-state index contributed by atoms with van der Waals surface area (Å²) >= 11 is 13.1. The van der Waals surface area contributed by atoms with Crippen molar-refractivity contribution >= 4 is 136 Å². The fourth-order valence-electron chi connectivity index (χ4n) is 0.611. The Morgan fingerprint density at radius 3 is 1.00 bits per heavy atom. The number of nitrogens with zero attached hydrogens (tertiary/aromatic N) is 2.